The van der Waals surface area contributed by atoms with Crippen LogP contribution in [0.15, 0.2) is 21.3 Å². The van der Waals surface area contributed by atoms with Gasteiger partial charge in [0.2, 0.25) is 11.7 Å². The molecule has 92 valence electrons. The predicted molar refractivity (Wildman–Crippen MR) is 63.1 cm³/mol. The van der Waals surface area contributed by atoms with Gasteiger partial charge < -0.3 is 14.7 Å². The van der Waals surface area contributed by atoms with Gasteiger partial charge >= 0.3 is 0 Å². The van der Waals surface area contributed by atoms with E-state index in [2.05, 4.69) is 24.0 Å². The summed E-state index contributed by atoms with van der Waals surface area (Å²) in [5, 5.41) is 3.89. The van der Waals surface area contributed by atoms with E-state index in [1.807, 2.05) is 13.0 Å². The second kappa shape index (κ2) is 4.71. The van der Waals surface area contributed by atoms with Crippen LogP contribution in [0.25, 0.3) is 11.6 Å². The van der Waals surface area contributed by atoms with Crippen molar-refractivity contribution in [3.05, 3.63) is 23.8 Å². The van der Waals surface area contributed by atoms with Crippen LogP contribution < -0.4 is 5.73 Å². The molecule has 2 aromatic heterocycles. The number of furan rings is 1. The molecule has 2 aromatic rings. The standard InChI is InChI=1S/C12H17N3O2/c1-7(2)6-9(13)12-14-11(15-17-12)10-8(3)4-5-16-10/h4-5,7,9H,6,13H2,1-3H3/t9-/m1/s1. The van der Waals surface area contributed by atoms with E-state index in [-0.39, 0.29) is 6.04 Å². The van der Waals surface area contributed by atoms with Crippen LogP contribution in [0.2, 0.25) is 0 Å². The Morgan fingerprint density at radius 3 is 2.76 bits per heavy atom. The van der Waals surface area contributed by atoms with Crippen LogP contribution in [0.4, 0.5) is 0 Å². The maximum Gasteiger partial charge on any atom is 0.243 e. The number of nitrogens with two attached hydrogens (primary N) is 1. The fourth-order valence-corrected chi connectivity index (χ4v) is 1.69. The van der Waals surface area contributed by atoms with E-state index in [0.29, 0.717) is 23.4 Å². The molecule has 0 saturated carbocycles. The lowest BCUT2D eigenvalue weighted by molar-refractivity contribution is 0.335. The summed E-state index contributed by atoms with van der Waals surface area (Å²) in [4.78, 5) is 4.27. The number of aromatic nitrogens is 2. The first-order valence-electron chi connectivity index (χ1n) is 5.71. The molecule has 0 aromatic carbocycles. The van der Waals surface area contributed by atoms with Gasteiger partial charge in [0.25, 0.3) is 0 Å². The lowest BCUT2D eigenvalue weighted by atomic mass is 10.0. The van der Waals surface area contributed by atoms with Crippen LogP contribution in [-0.4, -0.2) is 10.1 Å². The third kappa shape index (κ3) is 2.55. The van der Waals surface area contributed by atoms with Crippen molar-refractivity contribution in [1.29, 1.82) is 0 Å². The molecule has 0 aliphatic rings. The Morgan fingerprint density at radius 1 is 1.41 bits per heavy atom. The van der Waals surface area contributed by atoms with Crippen molar-refractivity contribution >= 4 is 0 Å². The van der Waals surface area contributed by atoms with Gasteiger partial charge in [-0.2, -0.15) is 4.98 Å². The Bertz CT molecular complexity index is 487. The molecular formula is C12H17N3O2. The van der Waals surface area contributed by atoms with Crippen LogP contribution in [0.3, 0.4) is 0 Å². The Hall–Kier alpha value is -1.62. The van der Waals surface area contributed by atoms with Crippen molar-refractivity contribution in [1.82, 2.24) is 10.1 Å². The molecule has 0 saturated heterocycles. The zero-order valence-corrected chi connectivity index (χ0v) is 10.3. The lowest BCUT2D eigenvalue weighted by Gasteiger charge is -2.08. The van der Waals surface area contributed by atoms with E-state index in [0.717, 1.165) is 12.0 Å². The molecule has 0 aliphatic carbocycles. The third-order valence-electron chi connectivity index (χ3n) is 2.55. The van der Waals surface area contributed by atoms with Crippen LogP contribution in [0, 0.1) is 12.8 Å². The first-order valence-corrected chi connectivity index (χ1v) is 5.71. The highest BCUT2D eigenvalue weighted by Gasteiger charge is 2.19. The van der Waals surface area contributed by atoms with Gasteiger partial charge in [-0.25, -0.2) is 0 Å². The van der Waals surface area contributed by atoms with E-state index < -0.39 is 0 Å². The van der Waals surface area contributed by atoms with Crippen molar-refractivity contribution in [2.75, 3.05) is 0 Å². The normalized spacial score (nSPS) is 13.2. The molecule has 0 fully saturated rings. The summed E-state index contributed by atoms with van der Waals surface area (Å²) < 4.78 is 10.5. The summed E-state index contributed by atoms with van der Waals surface area (Å²) in [6.07, 6.45) is 2.42. The lowest BCUT2D eigenvalue weighted by Crippen LogP contribution is -2.13. The second-order valence-electron chi connectivity index (χ2n) is 4.63. The van der Waals surface area contributed by atoms with Gasteiger partial charge in [0.15, 0.2) is 5.76 Å². The minimum Gasteiger partial charge on any atom is -0.461 e. The molecule has 0 bridgehead atoms. The molecule has 2 N–H and O–H groups in total. The minimum absolute atomic E-state index is 0.216. The molecule has 2 rings (SSSR count). The highest BCUT2D eigenvalue weighted by atomic mass is 16.5. The van der Waals surface area contributed by atoms with Crippen LogP contribution in [0.1, 0.15) is 37.8 Å². The topological polar surface area (TPSA) is 78.1 Å². The monoisotopic (exact) mass is 235 g/mol. The largest absolute Gasteiger partial charge is 0.461 e. The first-order chi connectivity index (χ1) is 8.08. The molecule has 0 spiro atoms. The molecule has 1 atom stereocenters. The van der Waals surface area contributed by atoms with Gasteiger partial charge in [-0.3, -0.25) is 0 Å². The van der Waals surface area contributed by atoms with Crippen LogP contribution >= 0.6 is 0 Å². The quantitative estimate of drug-likeness (QED) is 0.881. The number of hydrogen-bond donors (Lipinski definition) is 1. The van der Waals surface area contributed by atoms with E-state index in [9.17, 15) is 0 Å². The van der Waals surface area contributed by atoms with E-state index in [1.54, 1.807) is 6.26 Å². The zero-order chi connectivity index (χ0) is 12.4. The maximum atomic E-state index is 5.97. The van der Waals surface area contributed by atoms with E-state index in [4.69, 9.17) is 14.7 Å². The zero-order valence-electron chi connectivity index (χ0n) is 10.3. The van der Waals surface area contributed by atoms with Crippen LogP contribution in [0.5, 0.6) is 0 Å². The second-order valence-corrected chi connectivity index (χ2v) is 4.63. The Balaban J connectivity index is 2.19. The van der Waals surface area contributed by atoms with Gasteiger partial charge in [-0.1, -0.05) is 19.0 Å². The molecular weight excluding hydrogens is 218 g/mol. The van der Waals surface area contributed by atoms with Crippen molar-refractivity contribution in [2.24, 2.45) is 11.7 Å². The average Bonchev–Trinajstić information content (AvgIpc) is 2.84. The van der Waals surface area contributed by atoms with Gasteiger partial charge in [0, 0.05) is 0 Å². The summed E-state index contributed by atoms with van der Waals surface area (Å²) in [6.45, 7) is 6.14. The Labute approximate surface area is 100.0 Å². The summed E-state index contributed by atoms with van der Waals surface area (Å²) in [5.41, 5.74) is 6.96. The minimum atomic E-state index is -0.216. The molecule has 0 unspecified atom stereocenters. The van der Waals surface area contributed by atoms with Gasteiger partial charge in [-0.05, 0) is 30.9 Å². The fourth-order valence-electron chi connectivity index (χ4n) is 1.69. The van der Waals surface area contributed by atoms with Gasteiger partial charge in [0.1, 0.15) is 0 Å². The van der Waals surface area contributed by atoms with Gasteiger partial charge in [-0.15, -0.1) is 0 Å². The molecule has 5 nitrogen and oxygen atoms in total. The summed E-state index contributed by atoms with van der Waals surface area (Å²) in [5.74, 6) is 2.05. The number of nitrogens with zero attached hydrogens (tertiary/aromatic N) is 2. The molecule has 17 heavy (non-hydrogen) atoms. The van der Waals surface area contributed by atoms with E-state index >= 15 is 0 Å². The summed E-state index contributed by atoms with van der Waals surface area (Å²) >= 11 is 0. The van der Waals surface area contributed by atoms with Crippen molar-refractivity contribution in [2.45, 2.75) is 33.2 Å². The van der Waals surface area contributed by atoms with Gasteiger partial charge in [0.05, 0.1) is 12.3 Å². The Kier molecular flexibility index (Phi) is 3.28. The summed E-state index contributed by atoms with van der Waals surface area (Å²) in [6, 6.07) is 1.64. The number of hydrogen-bond acceptors (Lipinski definition) is 5. The first kappa shape index (κ1) is 11.9. The van der Waals surface area contributed by atoms with Crippen molar-refractivity contribution < 1.29 is 8.94 Å². The third-order valence-corrected chi connectivity index (χ3v) is 2.55. The Morgan fingerprint density at radius 2 is 2.18 bits per heavy atom. The smallest absolute Gasteiger partial charge is 0.243 e. The molecule has 0 amide bonds. The van der Waals surface area contributed by atoms with Crippen molar-refractivity contribution in [3.8, 4) is 11.6 Å². The molecule has 0 aliphatic heterocycles. The summed E-state index contributed by atoms with van der Waals surface area (Å²) in [7, 11) is 0. The maximum absolute atomic E-state index is 5.97. The molecule has 0 radical (unpaired) electrons. The predicted octanol–water partition coefficient (Wildman–Crippen LogP) is 2.68. The average molecular weight is 235 g/mol. The number of aryl methyl sites for hydroxylation is 1. The number of rotatable bonds is 4. The van der Waals surface area contributed by atoms with Crippen LogP contribution in [-0.2, 0) is 0 Å². The van der Waals surface area contributed by atoms with Crippen molar-refractivity contribution in [3.63, 3.8) is 0 Å². The molecule has 2 heterocycles. The fraction of sp³-hybridized carbons (Fsp3) is 0.500. The SMILES string of the molecule is Cc1ccoc1-c1noc([C@H](N)CC(C)C)n1. The highest BCUT2D eigenvalue weighted by Crippen LogP contribution is 2.24. The van der Waals surface area contributed by atoms with E-state index in [1.165, 1.54) is 0 Å². The molecule has 5 heteroatoms. The highest BCUT2D eigenvalue weighted by molar-refractivity contribution is 5.51.